The SMILES string of the molecule is CC1(C)CCC(C(=O)N2CC(c3cncc(CSc4ccc5c(c4)CN(C4CCC(=O)NC4=O)C5=O)c3)C2)=C(c2ccc(Cl)cc2)C1. The maximum atomic E-state index is 13.8. The fourth-order valence-corrected chi connectivity index (χ4v) is 8.12. The third-order valence-electron chi connectivity index (χ3n) is 9.88. The van der Waals surface area contributed by atoms with Gasteiger partial charge in [0.15, 0.2) is 0 Å². The molecule has 47 heavy (non-hydrogen) atoms. The molecule has 4 amide bonds. The van der Waals surface area contributed by atoms with Crippen molar-refractivity contribution < 1.29 is 19.2 Å². The first kappa shape index (κ1) is 31.6. The molecule has 2 saturated heterocycles. The van der Waals surface area contributed by atoms with E-state index in [0.717, 1.165) is 57.6 Å². The van der Waals surface area contributed by atoms with Crippen LogP contribution in [0.5, 0.6) is 0 Å². The number of nitrogens with one attached hydrogen (secondary N) is 1. The number of hydrogen-bond donors (Lipinski definition) is 1. The maximum absolute atomic E-state index is 13.8. The zero-order valence-corrected chi connectivity index (χ0v) is 28.1. The first-order chi connectivity index (χ1) is 22.5. The lowest BCUT2D eigenvalue weighted by Gasteiger charge is -2.42. The topological polar surface area (TPSA) is 99.7 Å². The standard InChI is InChI=1S/C37H37ClN4O4S/c1-37(2)12-11-30(31(15-37)23-3-5-27(38)6-4-23)35(45)41-18-26(19-41)24-13-22(16-39-17-24)21-47-28-7-8-29-25(14-28)20-42(36(29)46)32-9-10-33(43)40-34(32)44/h3-8,13-14,16-17,26,32H,9-12,15,18-21H2,1-2H3,(H,40,43,44). The summed E-state index contributed by atoms with van der Waals surface area (Å²) < 4.78 is 0. The number of pyridine rings is 1. The van der Waals surface area contributed by atoms with Gasteiger partial charge in [-0.3, -0.25) is 29.5 Å². The van der Waals surface area contributed by atoms with Crippen LogP contribution in [0.1, 0.15) is 84.5 Å². The maximum Gasteiger partial charge on any atom is 0.255 e. The molecule has 1 unspecified atom stereocenters. The Morgan fingerprint density at radius 1 is 1.04 bits per heavy atom. The second-order valence-corrected chi connectivity index (χ2v) is 15.3. The molecule has 1 atom stereocenters. The van der Waals surface area contributed by atoms with Crippen molar-refractivity contribution in [3.8, 4) is 0 Å². The van der Waals surface area contributed by atoms with E-state index in [0.29, 0.717) is 42.4 Å². The molecule has 4 aliphatic rings. The molecule has 1 N–H and O–H groups in total. The van der Waals surface area contributed by atoms with Crippen molar-refractivity contribution in [1.29, 1.82) is 0 Å². The summed E-state index contributed by atoms with van der Waals surface area (Å²) in [5, 5.41) is 3.05. The highest BCUT2D eigenvalue weighted by Gasteiger charge is 2.40. The average Bonchev–Trinajstić information content (AvgIpc) is 3.34. The molecule has 10 heteroatoms. The highest BCUT2D eigenvalue weighted by atomic mass is 35.5. The molecule has 1 aromatic heterocycles. The molecule has 0 bridgehead atoms. The molecule has 7 rings (SSSR count). The Morgan fingerprint density at radius 3 is 2.60 bits per heavy atom. The summed E-state index contributed by atoms with van der Waals surface area (Å²) in [5.74, 6) is 0.253. The van der Waals surface area contributed by atoms with Gasteiger partial charge in [-0.15, -0.1) is 11.8 Å². The highest BCUT2D eigenvalue weighted by Crippen LogP contribution is 2.44. The second kappa shape index (κ2) is 12.6. The Balaban J connectivity index is 0.978. The van der Waals surface area contributed by atoms with E-state index in [-0.39, 0.29) is 35.5 Å². The number of benzene rings is 2. The van der Waals surface area contributed by atoms with E-state index in [9.17, 15) is 19.2 Å². The third-order valence-corrected chi connectivity index (χ3v) is 11.2. The number of nitrogens with zero attached hydrogens (tertiary/aromatic N) is 3. The lowest BCUT2D eigenvalue weighted by molar-refractivity contribution is -0.137. The van der Waals surface area contributed by atoms with E-state index in [4.69, 9.17) is 11.6 Å². The minimum absolute atomic E-state index is 0.146. The van der Waals surface area contributed by atoms with Crippen LogP contribution < -0.4 is 5.32 Å². The van der Waals surface area contributed by atoms with Crippen LogP contribution in [-0.4, -0.2) is 57.5 Å². The quantitative estimate of drug-likeness (QED) is 0.232. The van der Waals surface area contributed by atoms with Crippen LogP contribution in [0.4, 0.5) is 0 Å². The molecule has 0 spiro atoms. The second-order valence-electron chi connectivity index (χ2n) is 13.8. The number of fused-ring (bicyclic) bond motifs is 1. The van der Waals surface area contributed by atoms with Gasteiger partial charge in [0.1, 0.15) is 6.04 Å². The molecular formula is C37H37ClN4O4S. The largest absolute Gasteiger partial charge is 0.338 e. The molecule has 3 aliphatic heterocycles. The van der Waals surface area contributed by atoms with Crippen molar-refractivity contribution in [3.05, 3.63) is 99.3 Å². The molecular weight excluding hydrogens is 632 g/mol. The zero-order valence-electron chi connectivity index (χ0n) is 26.6. The van der Waals surface area contributed by atoms with E-state index in [1.54, 1.807) is 16.7 Å². The minimum Gasteiger partial charge on any atom is -0.338 e. The number of likely N-dealkylation sites (tertiary alicyclic amines) is 1. The van der Waals surface area contributed by atoms with Crippen molar-refractivity contribution in [3.63, 3.8) is 0 Å². The fraction of sp³-hybridized carbons (Fsp3) is 0.378. The van der Waals surface area contributed by atoms with Gasteiger partial charge in [0.05, 0.1) is 0 Å². The van der Waals surface area contributed by atoms with Crippen molar-refractivity contribution in [2.24, 2.45) is 5.41 Å². The minimum atomic E-state index is -0.618. The molecule has 8 nitrogen and oxygen atoms in total. The number of hydrogen-bond acceptors (Lipinski definition) is 6. The molecule has 242 valence electrons. The summed E-state index contributed by atoms with van der Waals surface area (Å²) in [4.78, 5) is 59.8. The average molecular weight is 669 g/mol. The zero-order chi connectivity index (χ0) is 32.9. The molecule has 4 heterocycles. The van der Waals surface area contributed by atoms with Crippen LogP contribution in [-0.2, 0) is 26.7 Å². The van der Waals surface area contributed by atoms with E-state index in [2.05, 4.69) is 30.2 Å². The summed E-state index contributed by atoms with van der Waals surface area (Å²) in [5.41, 5.74) is 7.05. The van der Waals surface area contributed by atoms with Gasteiger partial charge in [-0.2, -0.15) is 0 Å². The highest BCUT2D eigenvalue weighted by molar-refractivity contribution is 7.98. The number of allylic oxidation sites excluding steroid dienone is 1. The lowest BCUT2D eigenvalue weighted by Crippen LogP contribution is -2.52. The van der Waals surface area contributed by atoms with Gasteiger partial charge in [0.25, 0.3) is 5.91 Å². The van der Waals surface area contributed by atoms with Crippen molar-refractivity contribution >= 4 is 52.6 Å². The Morgan fingerprint density at radius 2 is 1.83 bits per heavy atom. The number of piperidine rings is 1. The van der Waals surface area contributed by atoms with Crippen LogP contribution in [0.2, 0.25) is 5.02 Å². The summed E-state index contributed by atoms with van der Waals surface area (Å²) in [7, 11) is 0. The first-order valence-corrected chi connectivity index (χ1v) is 17.5. The Hall–Kier alpha value is -3.95. The molecule has 3 aromatic rings. The van der Waals surface area contributed by atoms with Gasteiger partial charge in [-0.25, -0.2) is 0 Å². The van der Waals surface area contributed by atoms with Crippen molar-refractivity contribution in [2.75, 3.05) is 13.1 Å². The molecule has 2 fully saturated rings. The van der Waals surface area contributed by atoms with E-state index in [1.165, 1.54) is 0 Å². The molecule has 0 radical (unpaired) electrons. The normalized spacial score (nSPS) is 21.1. The Kier molecular flexibility index (Phi) is 8.47. The number of carbonyl (C=O) groups excluding carboxylic acids is 4. The van der Waals surface area contributed by atoms with Crippen LogP contribution in [0.15, 0.2) is 71.4 Å². The smallest absolute Gasteiger partial charge is 0.255 e. The predicted octanol–water partition coefficient (Wildman–Crippen LogP) is 6.38. The number of rotatable bonds is 7. The lowest BCUT2D eigenvalue weighted by atomic mass is 9.72. The summed E-state index contributed by atoms with van der Waals surface area (Å²) >= 11 is 7.83. The summed E-state index contributed by atoms with van der Waals surface area (Å²) in [6.45, 7) is 6.26. The Labute approximate surface area is 283 Å². The van der Waals surface area contributed by atoms with Crippen LogP contribution >= 0.6 is 23.4 Å². The van der Waals surface area contributed by atoms with E-state index in [1.807, 2.05) is 59.8 Å². The van der Waals surface area contributed by atoms with E-state index >= 15 is 0 Å². The van der Waals surface area contributed by atoms with Crippen LogP contribution in [0, 0.1) is 5.41 Å². The monoisotopic (exact) mass is 668 g/mol. The molecule has 1 aliphatic carbocycles. The van der Waals surface area contributed by atoms with Crippen LogP contribution in [0.3, 0.4) is 0 Å². The predicted molar refractivity (Wildman–Crippen MR) is 182 cm³/mol. The third kappa shape index (κ3) is 6.48. The van der Waals surface area contributed by atoms with Crippen LogP contribution in [0.25, 0.3) is 5.57 Å². The van der Waals surface area contributed by atoms with Gasteiger partial charge >= 0.3 is 0 Å². The van der Waals surface area contributed by atoms with Gasteiger partial charge in [0.2, 0.25) is 17.7 Å². The molecule has 0 saturated carbocycles. The fourth-order valence-electron chi connectivity index (χ4n) is 7.11. The number of carbonyl (C=O) groups is 4. The number of halogens is 1. The van der Waals surface area contributed by atoms with Gasteiger partial charge in [0, 0.05) is 71.2 Å². The van der Waals surface area contributed by atoms with Crippen molar-refractivity contribution in [2.45, 2.75) is 75.1 Å². The van der Waals surface area contributed by atoms with E-state index < -0.39 is 11.9 Å². The molecule has 2 aromatic carbocycles. The number of amides is 4. The number of thioether (sulfide) groups is 1. The summed E-state index contributed by atoms with van der Waals surface area (Å²) in [6.07, 6.45) is 7.02. The first-order valence-electron chi connectivity index (χ1n) is 16.2. The van der Waals surface area contributed by atoms with Gasteiger partial charge < -0.3 is 9.80 Å². The van der Waals surface area contributed by atoms with Crippen molar-refractivity contribution in [1.82, 2.24) is 20.1 Å². The Bertz CT molecular complexity index is 1810. The van der Waals surface area contributed by atoms with Gasteiger partial charge in [-0.05, 0) is 89.3 Å². The van der Waals surface area contributed by atoms with Gasteiger partial charge in [-0.1, -0.05) is 43.6 Å². The number of imide groups is 1. The summed E-state index contributed by atoms with van der Waals surface area (Å²) in [6, 6.07) is 15.2. The number of aromatic nitrogens is 1.